The lowest BCUT2D eigenvalue weighted by atomic mass is 10.1. The first-order valence-electron chi connectivity index (χ1n) is 8.32. The van der Waals surface area contributed by atoms with Crippen molar-refractivity contribution in [1.29, 1.82) is 0 Å². The van der Waals surface area contributed by atoms with Crippen LogP contribution in [0.4, 0.5) is 5.13 Å². The maximum absolute atomic E-state index is 13.1. The average molecular weight is 459 g/mol. The first-order valence-corrected chi connectivity index (χ1v) is 10.4. The summed E-state index contributed by atoms with van der Waals surface area (Å²) in [4.78, 5) is 61.6. The highest BCUT2D eigenvalue weighted by Gasteiger charge is 2.63. The maximum atomic E-state index is 13.1. The summed E-state index contributed by atoms with van der Waals surface area (Å²) in [6.45, 7) is -0.412. The first-order chi connectivity index (χ1) is 14.2. The third-order valence-corrected chi connectivity index (χ3v) is 6.13. The fraction of sp³-hybridized carbons (Fsp3) is 0.467. The maximum Gasteiger partial charge on any atom is 0.372 e. The molecule has 0 aromatic carbocycles. The average Bonchev–Trinajstić information content (AvgIpc) is 3.39. The van der Waals surface area contributed by atoms with Gasteiger partial charge in [0.15, 0.2) is 15.7 Å². The van der Waals surface area contributed by atoms with Crippen LogP contribution in [-0.2, 0) is 33.6 Å². The smallest absolute Gasteiger partial charge is 0.372 e. The van der Waals surface area contributed by atoms with Crippen LogP contribution in [0.3, 0.4) is 0 Å². The quantitative estimate of drug-likeness (QED) is 0.200. The molecule has 4 N–H and O–H groups in total. The Balaban J connectivity index is 1.88. The Kier molecular flexibility index (Phi) is 5.87. The van der Waals surface area contributed by atoms with Gasteiger partial charge in [-0.1, -0.05) is 5.16 Å². The molecule has 3 heterocycles. The van der Waals surface area contributed by atoms with E-state index in [9.17, 15) is 24.3 Å². The second-order valence-electron chi connectivity index (χ2n) is 6.12. The summed E-state index contributed by atoms with van der Waals surface area (Å²) in [5.41, 5.74) is 3.17. The standard InChI is InChI=1S/C15H17N5O8S2/c1-26-19-9(7-5-30-13(16)17-7)10(22)18-14(29-2)6-27-20(11(14)23)15(12(24)25)4-3-8(21)28-15/h5H,3-4,6H2,1-2H3,(H2,16,17)(H,18,22)(H,24,25)/b19-9-/t14-,15?/m0/s1. The van der Waals surface area contributed by atoms with Crippen molar-refractivity contribution in [2.45, 2.75) is 23.4 Å². The van der Waals surface area contributed by atoms with Gasteiger partial charge in [0.2, 0.25) is 0 Å². The topological polar surface area (TPSA) is 183 Å². The van der Waals surface area contributed by atoms with Gasteiger partial charge in [-0.25, -0.2) is 9.78 Å². The molecule has 13 nitrogen and oxygen atoms in total. The molecule has 2 aliphatic rings. The number of nitrogens with two attached hydrogens (primary N) is 1. The van der Waals surface area contributed by atoms with E-state index >= 15 is 0 Å². The van der Waals surface area contributed by atoms with E-state index in [1.54, 1.807) is 0 Å². The van der Waals surface area contributed by atoms with E-state index in [0.29, 0.717) is 5.06 Å². The normalized spacial score (nSPS) is 26.6. The molecule has 2 amide bonds. The molecule has 162 valence electrons. The van der Waals surface area contributed by atoms with E-state index in [4.69, 9.17) is 20.1 Å². The number of rotatable bonds is 7. The summed E-state index contributed by atoms with van der Waals surface area (Å²) >= 11 is 1.98. The number of carbonyl (C=O) groups excluding carboxylic acids is 3. The van der Waals surface area contributed by atoms with Crippen LogP contribution in [0.25, 0.3) is 0 Å². The third kappa shape index (κ3) is 3.54. The molecule has 1 aromatic rings. The number of hydrogen-bond donors (Lipinski definition) is 3. The zero-order valence-electron chi connectivity index (χ0n) is 15.7. The number of nitrogen functional groups attached to an aromatic ring is 1. The minimum absolute atomic E-state index is 0.128. The number of hydrogen-bond acceptors (Lipinski definition) is 12. The molecule has 2 saturated heterocycles. The number of esters is 1. The van der Waals surface area contributed by atoms with Crippen LogP contribution in [0.5, 0.6) is 0 Å². The number of nitrogens with one attached hydrogen (secondary N) is 1. The molecule has 3 rings (SSSR count). The van der Waals surface area contributed by atoms with Crippen LogP contribution in [0.1, 0.15) is 18.5 Å². The van der Waals surface area contributed by atoms with Gasteiger partial charge in [-0.3, -0.25) is 19.2 Å². The molecule has 1 unspecified atom stereocenters. The molecule has 0 spiro atoms. The molecule has 2 fully saturated rings. The molecule has 0 saturated carbocycles. The van der Waals surface area contributed by atoms with Gasteiger partial charge in [0.05, 0.1) is 6.42 Å². The molecule has 30 heavy (non-hydrogen) atoms. The molecule has 2 atom stereocenters. The van der Waals surface area contributed by atoms with E-state index in [2.05, 4.69) is 15.5 Å². The van der Waals surface area contributed by atoms with Crippen molar-refractivity contribution in [3.63, 3.8) is 0 Å². The Morgan fingerprint density at radius 2 is 2.23 bits per heavy atom. The zero-order chi connectivity index (χ0) is 22.1. The van der Waals surface area contributed by atoms with E-state index in [1.165, 1.54) is 18.7 Å². The van der Waals surface area contributed by atoms with Crippen LogP contribution in [0.2, 0.25) is 0 Å². The number of amides is 2. The van der Waals surface area contributed by atoms with Gasteiger partial charge < -0.3 is 25.7 Å². The number of aliphatic carboxylic acids is 1. The van der Waals surface area contributed by atoms with Crippen LogP contribution < -0.4 is 11.1 Å². The fourth-order valence-corrected chi connectivity index (χ4v) is 4.04. The second-order valence-corrected chi connectivity index (χ2v) is 8.11. The number of carboxylic acid groups (broad SMARTS) is 1. The van der Waals surface area contributed by atoms with Gasteiger partial charge in [0.1, 0.15) is 19.4 Å². The lowest BCUT2D eigenvalue weighted by molar-refractivity contribution is -0.256. The third-order valence-electron chi connectivity index (χ3n) is 4.37. The molecule has 15 heteroatoms. The zero-order valence-corrected chi connectivity index (χ0v) is 17.4. The molecule has 1 aromatic heterocycles. The lowest BCUT2D eigenvalue weighted by Gasteiger charge is -2.32. The number of thioether (sulfide) groups is 1. The van der Waals surface area contributed by atoms with Crippen molar-refractivity contribution in [2.75, 3.05) is 25.7 Å². The Bertz CT molecular complexity index is 936. The monoisotopic (exact) mass is 459 g/mol. The molecule has 2 aliphatic heterocycles. The minimum atomic E-state index is -2.30. The Labute approximate surface area is 177 Å². The van der Waals surface area contributed by atoms with Crippen molar-refractivity contribution in [3.8, 4) is 0 Å². The summed E-state index contributed by atoms with van der Waals surface area (Å²) in [5, 5.41) is 17.9. The number of thiazole rings is 1. The van der Waals surface area contributed by atoms with Gasteiger partial charge in [0.25, 0.3) is 11.8 Å². The summed E-state index contributed by atoms with van der Waals surface area (Å²) in [6, 6.07) is 0. The van der Waals surface area contributed by atoms with Crippen molar-refractivity contribution >= 4 is 57.7 Å². The second kappa shape index (κ2) is 8.08. The van der Waals surface area contributed by atoms with E-state index < -0.39 is 41.0 Å². The van der Waals surface area contributed by atoms with Crippen molar-refractivity contribution in [1.82, 2.24) is 15.4 Å². The number of cyclic esters (lactones) is 1. The number of hydroxylamine groups is 2. The predicted molar refractivity (Wildman–Crippen MR) is 103 cm³/mol. The van der Waals surface area contributed by atoms with Crippen molar-refractivity contribution in [2.24, 2.45) is 5.16 Å². The molecule has 0 bridgehead atoms. The number of anilines is 1. The SMILES string of the molecule is CO/N=C(\C(=O)N[C@]1(SC)CON(C2(C(=O)O)CCC(=O)O2)C1=O)c1csc(N)n1. The van der Waals surface area contributed by atoms with Crippen LogP contribution in [-0.4, -0.2) is 75.2 Å². The van der Waals surface area contributed by atoms with Crippen LogP contribution in [0, 0.1) is 0 Å². The molecule has 0 radical (unpaired) electrons. The number of carbonyl (C=O) groups is 4. The lowest BCUT2D eigenvalue weighted by Crippen LogP contribution is -2.60. The fourth-order valence-electron chi connectivity index (χ4n) is 2.87. The van der Waals surface area contributed by atoms with Gasteiger partial charge in [-0.2, -0.15) is 5.06 Å². The number of oxime groups is 1. The highest BCUT2D eigenvalue weighted by molar-refractivity contribution is 8.00. The van der Waals surface area contributed by atoms with Crippen molar-refractivity contribution < 1.29 is 38.7 Å². The highest BCUT2D eigenvalue weighted by Crippen LogP contribution is 2.39. The van der Waals surface area contributed by atoms with E-state index in [1.807, 2.05) is 0 Å². The van der Waals surface area contributed by atoms with Gasteiger partial charge >= 0.3 is 17.7 Å². The summed E-state index contributed by atoms with van der Waals surface area (Å²) < 4.78 is 4.92. The van der Waals surface area contributed by atoms with Gasteiger partial charge in [-0.05, 0) is 6.26 Å². The molecular weight excluding hydrogens is 442 g/mol. The number of carboxylic acids is 1. The Morgan fingerprint density at radius 1 is 1.50 bits per heavy atom. The van der Waals surface area contributed by atoms with Crippen LogP contribution in [0.15, 0.2) is 10.5 Å². The Morgan fingerprint density at radius 3 is 2.73 bits per heavy atom. The summed E-state index contributed by atoms with van der Waals surface area (Å²) in [6.07, 6.45) is 1.03. The van der Waals surface area contributed by atoms with Crippen LogP contribution >= 0.6 is 23.1 Å². The van der Waals surface area contributed by atoms with E-state index in [0.717, 1.165) is 23.1 Å². The largest absolute Gasteiger partial charge is 0.477 e. The highest BCUT2D eigenvalue weighted by atomic mass is 32.2. The number of ether oxygens (including phenoxy) is 1. The summed E-state index contributed by atoms with van der Waals surface area (Å²) in [5.74, 6) is -4.09. The number of nitrogens with zero attached hydrogens (tertiary/aromatic N) is 3. The predicted octanol–water partition coefficient (Wildman–Crippen LogP) is -0.857. The van der Waals surface area contributed by atoms with Gasteiger partial charge in [0, 0.05) is 11.8 Å². The van der Waals surface area contributed by atoms with Gasteiger partial charge in [-0.15, -0.1) is 23.1 Å². The number of aromatic nitrogens is 1. The summed E-state index contributed by atoms with van der Waals surface area (Å²) in [7, 11) is 1.23. The first kappa shape index (κ1) is 21.8. The molecule has 0 aliphatic carbocycles. The molecular formula is C15H17N5O8S2. The minimum Gasteiger partial charge on any atom is -0.477 e. The Hall–Kier alpha value is -2.91. The van der Waals surface area contributed by atoms with E-state index in [-0.39, 0.29) is 29.4 Å². The van der Waals surface area contributed by atoms with Crippen molar-refractivity contribution in [3.05, 3.63) is 11.1 Å².